The molecule has 24 heavy (non-hydrogen) atoms. The first-order chi connectivity index (χ1) is 11.8. The highest BCUT2D eigenvalue weighted by molar-refractivity contribution is 8.00. The van der Waals surface area contributed by atoms with Crippen LogP contribution in [0.15, 0.2) is 35.2 Å². The third-order valence-electron chi connectivity index (χ3n) is 5.27. The van der Waals surface area contributed by atoms with Gasteiger partial charge in [0.25, 0.3) is 0 Å². The maximum absolute atomic E-state index is 12.3. The Morgan fingerprint density at radius 2 is 1.79 bits per heavy atom. The molecule has 1 aromatic carbocycles. The van der Waals surface area contributed by atoms with Gasteiger partial charge in [-0.3, -0.25) is 9.69 Å². The molecule has 1 saturated heterocycles. The molecule has 0 radical (unpaired) electrons. The fraction of sp³-hybridized carbons (Fsp3) is 0.650. The molecule has 1 N–H and O–H groups in total. The summed E-state index contributed by atoms with van der Waals surface area (Å²) in [7, 11) is 0. The zero-order chi connectivity index (χ0) is 16.6. The van der Waals surface area contributed by atoms with E-state index in [1.54, 1.807) is 11.8 Å². The summed E-state index contributed by atoms with van der Waals surface area (Å²) in [4.78, 5) is 16.1. The highest BCUT2D eigenvalue weighted by Gasteiger charge is 2.27. The average molecular weight is 347 g/mol. The van der Waals surface area contributed by atoms with Gasteiger partial charge in [0.15, 0.2) is 0 Å². The number of carbonyl (C=O) groups is 1. The van der Waals surface area contributed by atoms with Gasteiger partial charge in [0.05, 0.1) is 5.75 Å². The van der Waals surface area contributed by atoms with Gasteiger partial charge in [-0.1, -0.05) is 43.9 Å². The predicted octanol–water partition coefficient (Wildman–Crippen LogP) is 4.08. The number of carbonyl (C=O) groups excluding carboxylic acids is 1. The van der Waals surface area contributed by atoms with E-state index in [4.69, 9.17) is 0 Å². The van der Waals surface area contributed by atoms with Crippen molar-refractivity contribution in [3.8, 4) is 0 Å². The maximum Gasteiger partial charge on any atom is 0.230 e. The highest BCUT2D eigenvalue weighted by Crippen LogP contribution is 2.25. The Morgan fingerprint density at radius 3 is 2.54 bits per heavy atom. The molecule has 1 heterocycles. The monoisotopic (exact) mass is 346 g/mol. The van der Waals surface area contributed by atoms with Crippen LogP contribution in [0.3, 0.4) is 0 Å². The fourth-order valence-corrected chi connectivity index (χ4v) is 4.74. The molecule has 4 heteroatoms. The molecule has 3 nitrogen and oxygen atoms in total. The summed E-state index contributed by atoms with van der Waals surface area (Å²) in [6.07, 6.45) is 10.6. The summed E-state index contributed by atoms with van der Waals surface area (Å²) in [5, 5.41) is 3.27. The van der Waals surface area contributed by atoms with Crippen LogP contribution in [0.5, 0.6) is 0 Å². The minimum Gasteiger partial charge on any atom is -0.351 e. The molecule has 2 aliphatic rings. The summed E-state index contributed by atoms with van der Waals surface area (Å²) in [5.74, 6) is 0.695. The number of hydrogen-bond donors (Lipinski definition) is 1. The van der Waals surface area contributed by atoms with Crippen LogP contribution in [0.1, 0.15) is 51.4 Å². The number of nitrogens with one attached hydrogen (secondary N) is 1. The van der Waals surface area contributed by atoms with Crippen molar-refractivity contribution in [1.82, 2.24) is 10.2 Å². The molecular weight excluding hydrogens is 316 g/mol. The van der Waals surface area contributed by atoms with Gasteiger partial charge in [-0.05, 0) is 44.4 Å². The quantitative estimate of drug-likeness (QED) is 0.644. The van der Waals surface area contributed by atoms with Crippen LogP contribution in [-0.4, -0.2) is 41.7 Å². The van der Waals surface area contributed by atoms with E-state index in [1.807, 2.05) is 18.2 Å². The molecule has 1 aromatic rings. The lowest BCUT2D eigenvalue weighted by Crippen LogP contribution is -2.51. The van der Waals surface area contributed by atoms with Crippen molar-refractivity contribution in [3.05, 3.63) is 30.3 Å². The summed E-state index contributed by atoms with van der Waals surface area (Å²) in [6, 6.07) is 11.3. The standard InChI is InChI=1S/C20H30N2OS/c23-20(16-24-19-12-6-3-7-13-19)21-17-9-8-14-22(15-17)18-10-4-1-2-5-11-18/h3,6-7,12-13,17-18H,1-2,4-5,8-11,14-16H2,(H,21,23)/t17-/m1/s1. The Kier molecular flexibility index (Phi) is 7.03. The van der Waals surface area contributed by atoms with Crippen molar-refractivity contribution < 1.29 is 4.79 Å². The van der Waals surface area contributed by atoms with Gasteiger partial charge in [-0.15, -0.1) is 11.8 Å². The highest BCUT2D eigenvalue weighted by atomic mass is 32.2. The van der Waals surface area contributed by atoms with Crippen LogP contribution >= 0.6 is 11.8 Å². The minimum atomic E-state index is 0.177. The Hall–Kier alpha value is -1.00. The van der Waals surface area contributed by atoms with Gasteiger partial charge < -0.3 is 5.32 Å². The zero-order valence-corrected chi connectivity index (χ0v) is 15.4. The third-order valence-corrected chi connectivity index (χ3v) is 6.28. The van der Waals surface area contributed by atoms with Crippen molar-refractivity contribution in [3.63, 3.8) is 0 Å². The SMILES string of the molecule is O=C(CSc1ccccc1)N[C@@H]1CCCN(C2CCCCCC2)C1. The van der Waals surface area contributed by atoms with Crippen LogP contribution in [0.2, 0.25) is 0 Å². The molecule has 1 saturated carbocycles. The second-order valence-corrected chi connectivity index (χ2v) is 8.20. The summed E-state index contributed by atoms with van der Waals surface area (Å²) in [5.41, 5.74) is 0. The molecule has 1 aliphatic carbocycles. The van der Waals surface area contributed by atoms with E-state index in [9.17, 15) is 4.79 Å². The van der Waals surface area contributed by atoms with Crippen molar-refractivity contribution in [2.45, 2.75) is 68.3 Å². The predicted molar refractivity (Wildman–Crippen MR) is 101 cm³/mol. The number of rotatable bonds is 5. The van der Waals surface area contributed by atoms with Crippen LogP contribution in [0, 0.1) is 0 Å². The molecule has 2 fully saturated rings. The van der Waals surface area contributed by atoms with Gasteiger partial charge >= 0.3 is 0 Å². The first kappa shape index (κ1) is 17.8. The van der Waals surface area contributed by atoms with E-state index in [2.05, 4.69) is 22.3 Å². The lowest BCUT2D eigenvalue weighted by atomic mass is 10.00. The lowest BCUT2D eigenvalue weighted by Gasteiger charge is -2.38. The minimum absolute atomic E-state index is 0.177. The number of nitrogens with zero attached hydrogens (tertiary/aromatic N) is 1. The Bertz CT molecular complexity index is 500. The number of hydrogen-bond acceptors (Lipinski definition) is 3. The first-order valence-corrected chi connectivity index (χ1v) is 10.5. The normalized spacial score (nSPS) is 23.6. The Morgan fingerprint density at radius 1 is 1.04 bits per heavy atom. The molecule has 1 atom stereocenters. The molecule has 1 amide bonds. The summed E-state index contributed by atoms with van der Waals surface area (Å²) < 4.78 is 0. The molecular formula is C20H30N2OS. The van der Waals surface area contributed by atoms with Crippen LogP contribution in [0.4, 0.5) is 0 Å². The van der Waals surface area contributed by atoms with Gasteiger partial charge in [0.1, 0.15) is 0 Å². The molecule has 0 unspecified atom stereocenters. The van der Waals surface area contributed by atoms with E-state index in [0.717, 1.165) is 23.9 Å². The van der Waals surface area contributed by atoms with Gasteiger partial charge in [0, 0.05) is 23.5 Å². The van der Waals surface area contributed by atoms with Crippen LogP contribution < -0.4 is 5.32 Å². The van der Waals surface area contributed by atoms with Crippen LogP contribution in [-0.2, 0) is 4.79 Å². The number of piperidine rings is 1. The van der Waals surface area contributed by atoms with E-state index < -0.39 is 0 Å². The van der Waals surface area contributed by atoms with Crippen molar-refractivity contribution in [2.75, 3.05) is 18.8 Å². The maximum atomic E-state index is 12.3. The number of thioether (sulfide) groups is 1. The lowest BCUT2D eigenvalue weighted by molar-refractivity contribution is -0.119. The van der Waals surface area contributed by atoms with Gasteiger partial charge in [-0.2, -0.15) is 0 Å². The van der Waals surface area contributed by atoms with Crippen molar-refractivity contribution in [1.29, 1.82) is 0 Å². The second-order valence-electron chi connectivity index (χ2n) is 7.15. The largest absolute Gasteiger partial charge is 0.351 e. The topological polar surface area (TPSA) is 32.3 Å². The third kappa shape index (κ3) is 5.52. The van der Waals surface area contributed by atoms with Crippen molar-refractivity contribution in [2.24, 2.45) is 0 Å². The zero-order valence-electron chi connectivity index (χ0n) is 14.6. The van der Waals surface area contributed by atoms with Gasteiger partial charge in [-0.25, -0.2) is 0 Å². The first-order valence-electron chi connectivity index (χ1n) is 9.52. The smallest absolute Gasteiger partial charge is 0.230 e. The van der Waals surface area contributed by atoms with Gasteiger partial charge in [0.2, 0.25) is 5.91 Å². The van der Waals surface area contributed by atoms with E-state index in [-0.39, 0.29) is 5.91 Å². The second kappa shape index (κ2) is 9.47. The molecule has 0 spiro atoms. The average Bonchev–Trinajstić information content (AvgIpc) is 2.91. The molecule has 0 bridgehead atoms. The number of likely N-dealkylation sites (tertiary alicyclic amines) is 1. The summed E-state index contributed by atoms with van der Waals surface area (Å²) >= 11 is 1.62. The van der Waals surface area contributed by atoms with E-state index in [0.29, 0.717) is 11.8 Å². The fourth-order valence-electron chi connectivity index (χ4n) is 4.01. The molecule has 1 aliphatic heterocycles. The summed E-state index contributed by atoms with van der Waals surface area (Å²) in [6.45, 7) is 2.27. The Balaban J connectivity index is 1.43. The van der Waals surface area contributed by atoms with Crippen LogP contribution in [0.25, 0.3) is 0 Å². The van der Waals surface area contributed by atoms with Crippen molar-refractivity contribution >= 4 is 17.7 Å². The molecule has 3 rings (SSSR count). The number of benzene rings is 1. The van der Waals surface area contributed by atoms with E-state index in [1.165, 1.54) is 51.5 Å². The molecule has 132 valence electrons. The number of amides is 1. The van der Waals surface area contributed by atoms with E-state index >= 15 is 0 Å². The molecule has 0 aromatic heterocycles. The Labute approximate surface area is 150 Å².